The number of esters is 1. The molecule has 2 atom stereocenters. The van der Waals surface area contributed by atoms with Gasteiger partial charge in [0, 0.05) is 13.1 Å². The summed E-state index contributed by atoms with van der Waals surface area (Å²) in [6.07, 6.45) is 3.53. The lowest BCUT2D eigenvalue weighted by Crippen LogP contribution is -2.51. The van der Waals surface area contributed by atoms with E-state index in [2.05, 4.69) is 4.90 Å². The highest BCUT2D eigenvalue weighted by Gasteiger charge is 2.48. The van der Waals surface area contributed by atoms with Gasteiger partial charge in [-0.15, -0.1) is 0 Å². The average molecular weight is 627 g/mol. The van der Waals surface area contributed by atoms with Gasteiger partial charge in [-0.3, -0.25) is 19.4 Å². The number of carbonyl (C=O) groups is 3. The molecule has 0 aromatic heterocycles. The topological polar surface area (TPSA) is 85.4 Å². The lowest BCUT2D eigenvalue weighted by Gasteiger charge is -2.34. The van der Waals surface area contributed by atoms with E-state index in [9.17, 15) is 14.4 Å². The van der Waals surface area contributed by atoms with Gasteiger partial charge in [-0.25, -0.2) is 4.79 Å². The lowest BCUT2D eigenvalue weighted by molar-refractivity contribution is -0.152. The molecule has 1 saturated heterocycles. The van der Waals surface area contributed by atoms with E-state index in [0.29, 0.717) is 25.9 Å². The van der Waals surface area contributed by atoms with Crippen molar-refractivity contribution in [3.63, 3.8) is 0 Å². The number of nitrogens with zero attached hydrogens (tertiary/aromatic N) is 2. The van der Waals surface area contributed by atoms with Gasteiger partial charge < -0.3 is 14.2 Å². The van der Waals surface area contributed by atoms with Gasteiger partial charge in [-0.05, 0) is 70.2 Å². The van der Waals surface area contributed by atoms with Crippen LogP contribution in [0.25, 0.3) is 0 Å². The minimum absolute atomic E-state index is 0.0752. The molecule has 0 radical (unpaired) electrons. The van der Waals surface area contributed by atoms with Crippen molar-refractivity contribution in [2.24, 2.45) is 0 Å². The molecule has 0 unspecified atom stereocenters. The number of allylic oxidation sites excluding steroid dienone is 1. The van der Waals surface area contributed by atoms with Crippen molar-refractivity contribution >= 4 is 17.8 Å². The maximum absolute atomic E-state index is 13.7. The largest absolute Gasteiger partial charge is 0.460 e. The molecule has 244 valence electrons. The summed E-state index contributed by atoms with van der Waals surface area (Å²) in [7, 11) is 0. The van der Waals surface area contributed by atoms with Crippen LogP contribution in [0.1, 0.15) is 64.2 Å². The van der Waals surface area contributed by atoms with Gasteiger partial charge in [0.2, 0.25) is 0 Å². The Bertz CT molecular complexity index is 1410. The zero-order valence-corrected chi connectivity index (χ0v) is 27.6. The molecule has 0 spiro atoms. The molecule has 4 rings (SSSR count). The van der Waals surface area contributed by atoms with Crippen molar-refractivity contribution in [3.05, 3.63) is 120 Å². The third kappa shape index (κ3) is 10.1. The predicted molar refractivity (Wildman–Crippen MR) is 177 cm³/mol. The molecule has 0 N–H and O–H groups in total. The standard InChI is InChI=1S/C38H46N2O6/c1-37(2,3)46-36(43)40-33(28-45-38(40,4)5)34(41)24-16-15-23-32(35(42)44-27-31-21-13-8-14-22-31)39(25-29-17-9-6-10-18-29)26-30-19-11-7-12-20-30/h6-14,16-22,24,32-33H,15,23,25-28H2,1-5H3/b24-16+/t32-,33-/m0/s1. The number of amides is 1. The summed E-state index contributed by atoms with van der Waals surface area (Å²) in [5.41, 5.74) is 1.37. The Labute approximate surface area is 272 Å². The van der Waals surface area contributed by atoms with E-state index in [-0.39, 0.29) is 25.0 Å². The van der Waals surface area contributed by atoms with Gasteiger partial charge in [0.15, 0.2) is 5.78 Å². The number of hydrogen-bond donors (Lipinski definition) is 0. The van der Waals surface area contributed by atoms with Crippen molar-refractivity contribution < 1.29 is 28.6 Å². The molecule has 1 heterocycles. The SMILES string of the molecule is CC(C)(C)OC(=O)N1[C@H](C(=O)/C=C/CC[C@@H](C(=O)OCc2ccccc2)N(Cc2ccccc2)Cc2ccccc2)COC1(C)C. The molecule has 8 heteroatoms. The van der Waals surface area contributed by atoms with E-state index >= 15 is 0 Å². The van der Waals surface area contributed by atoms with Crippen LogP contribution in [0.2, 0.25) is 0 Å². The summed E-state index contributed by atoms with van der Waals surface area (Å²) in [5, 5.41) is 0. The van der Waals surface area contributed by atoms with Gasteiger partial charge in [0.25, 0.3) is 0 Å². The summed E-state index contributed by atoms with van der Waals surface area (Å²) in [5.74, 6) is -0.581. The highest BCUT2D eigenvalue weighted by atomic mass is 16.6. The molecule has 1 fully saturated rings. The Balaban J connectivity index is 1.51. The minimum atomic E-state index is -0.987. The van der Waals surface area contributed by atoms with Crippen LogP contribution in [0.4, 0.5) is 4.79 Å². The number of benzene rings is 3. The zero-order valence-electron chi connectivity index (χ0n) is 27.6. The van der Waals surface area contributed by atoms with Crippen LogP contribution >= 0.6 is 0 Å². The molecule has 1 aliphatic rings. The minimum Gasteiger partial charge on any atom is -0.460 e. The quantitative estimate of drug-likeness (QED) is 0.148. The van der Waals surface area contributed by atoms with Crippen LogP contribution in [0.5, 0.6) is 0 Å². The van der Waals surface area contributed by atoms with E-state index in [0.717, 1.165) is 16.7 Å². The molecule has 1 amide bonds. The second kappa shape index (κ2) is 15.8. The van der Waals surface area contributed by atoms with Crippen LogP contribution in [-0.2, 0) is 43.5 Å². The van der Waals surface area contributed by atoms with Gasteiger partial charge in [-0.2, -0.15) is 0 Å². The Morgan fingerprint density at radius 3 is 1.93 bits per heavy atom. The molecule has 0 aliphatic carbocycles. The molecule has 0 bridgehead atoms. The molecule has 8 nitrogen and oxygen atoms in total. The first kappa shape index (κ1) is 34.6. The van der Waals surface area contributed by atoms with Crippen molar-refractivity contribution in [2.45, 2.75) is 90.6 Å². The second-order valence-electron chi connectivity index (χ2n) is 13.0. The summed E-state index contributed by atoms with van der Waals surface area (Å²) < 4.78 is 17.2. The first-order valence-corrected chi connectivity index (χ1v) is 15.8. The van der Waals surface area contributed by atoms with Crippen LogP contribution < -0.4 is 0 Å². The second-order valence-corrected chi connectivity index (χ2v) is 13.0. The highest BCUT2D eigenvalue weighted by molar-refractivity contribution is 5.96. The number of rotatable bonds is 13. The Kier molecular flexibility index (Phi) is 11.9. The number of ether oxygens (including phenoxy) is 3. The maximum atomic E-state index is 13.7. The Hall–Kier alpha value is -4.27. The predicted octanol–water partition coefficient (Wildman–Crippen LogP) is 7.08. The summed E-state index contributed by atoms with van der Waals surface area (Å²) in [6.45, 7) is 10.2. The molecule has 1 aliphatic heterocycles. The zero-order chi connectivity index (χ0) is 33.2. The monoisotopic (exact) mass is 626 g/mol. The molecular weight excluding hydrogens is 580 g/mol. The molecule has 46 heavy (non-hydrogen) atoms. The van der Waals surface area contributed by atoms with Gasteiger partial charge >= 0.3 is 12.1 Å². The number of ketones is 1. The summed E-state index contributed by atoms with van der Waals surface area (Å²) >= 11 is 0. The number of hydrogen-bond acceptors (Lipinski definition) is 7. The fourth-order valence-corrected chi connectivity index (χ4v) is 5.42. The highest BCUT2D eigenvalue weighted by Crippen LogP contribution is 2.30. The van der Waals surface area contributed by atoms with Crippen molar-refractivity contribution in [1.29, 1.82) is 0 Å². The first-order valence-electron chi connectivity index (χ1n) is 15.8. The van der Waals surface area contributed by atoms with E-state index in [1.165, 1.54) is 11.0 Å². The van der Waals surface area contributed by atoms with Crippen molar-refractivity contribution in [1.82, 2.24) is 9.80 Å². The van der Waals surface area contributed by atoms with Gasteiger partial charge in [0.1, 0.15) is 30.0 Å². The van der Waals surface area contributed by atoms with Gasteiger partial charge in [-0.1, -0.05) is 97.1 Å². The fraction of sp³-hybridized carbons (Fsp3) is 0.395. The van der Waals surface area contributed by atoms with Crippen LogP contribution in [0.3, 0.4) is 0 Å². The van der Waals surface area contributed by atoms with E-state index in [1.807, 2.05) is 91.0 Å². The summed E-state index contributed by atoms with van der Waals surface area (Å²) in [4.78, 5) is 43.6. The Morgan fingerprint density at radius 2 is 1.41 bits per heavy atom. The first-order chi connectivity index (χ1) is 21.9. The lowest BCUT2D eigenvalue weighted by atomic mass is 10.0. The average Bonchev–Trinajstić information content (AvgIpc) is 3.35. The van der Waals surface area contributed by atoms with Crippen LogP contribution in [0.15, 0.2) is 103 Å². The smallest absolute Gasteiger partial charge is 0.413 e. The van der Waals surface area contributed by atoms with E-state index < -0.39 is 29.5 Å². The molecular formula is C38H46N2O6. The molecule has 0 saturated carbocycles. The van der Waals surface area contributed by atoms with E-state index in [4.69, 9.17) is 14.2 Å². The number of carbonyl (C=O) groups excluding carboxylic acids is 3. The summed E-state index contributed by atoms with van der Waals surface area (Å²) in [6, 6.07) is 28.3. The maximum Gasteiger partial charge on any atom is 0.413 e. The molecule has 3 aromatic carbocycles. The molecule has 3 aromatic rings. The fourth-order valence-electron chi connectivity index (χ4n) is 5.42. The van der Waals surface area contributed by atoms with Gasteiger partial charge in [0.05, 0.1) is 6.61 Å². The van der Waals surface area contributed by atoms with Crippen LogP contribution in [-0.4, -0.2) is 57.7 Å². The normalized spacial score (nSPS) is 16.8. The van der Waals surface area contributed by atoms with E-state index in [1.54, 1.807) is 40.7 Å². The van der Waals surface area contributed by atoms with Crippen LogP contribution in [0, 0.1) is 0 Å². The third-order valence-corrected chi connectivity index (χ3v) is 7.69. The van der Waals surface area contributed by atoms with Crippen molar-refractivity contribution in [2.75, 3.05) is 6.61 Å². The van der Waals surface area contributed by atoms with Crippen molar-refractivity contribution in [3.8, 4) is 0 Å². The third-order valence-electron chi connectivity index (χ3n) is 7.69. The Morgan fingerprint density at radius 1 is 0.891 bits per heavy atom.